The maximum absolute atomic E-state index is 12.2. The van der Waals surface area contributed by atoms with Gasteiger partial charge in [-0.25, -0.2) is 4.79 Å². The van der Waals surface area contributed by atoms with E-state index in [0.29, 0.717) is 12.4 Å². The summed E-state index contributed by atoms with van der Waals surface area (Å²) in [4.78, 5) is 23.7. The van der Waals surface area contributed by atoms with Crippen LogP contribution in [0.3, 0.4) is 0 Å². The molecule has 6 nitrogen and oxygen atoms in total. The highest BCUT2D eigenvalue weighted by molar-refractivity contribution is 5.93. The van der Waals surface area contributed by atoms with Crippen LogP contribution in [-0.2, 0) is 16.1 Å². The van der Waals surface area contributed by atoms with Gasteiger partial charge in [-0.1, -0.05) is 42.5 Å². The second kappa shape index (κ2) is 9.73. The molecule has 0 saturated heterocycles. The zero-order chi connectivity index (χ0) is 17.9. The molecule has 0 saturated carbocycles. The number of nitriles is 1. The van der Waals surface area contributed by atoms with Gasteiger partial charge in [0, 0.05) is 6.54 Å². The number of nitrogens with zero attached hydrogens (tertiary/aromatic N) is 1. The molecule has 1 N–H and O–H groups in total. The van der Waals surface area contributed by atoms with Crippen molar-refractivity contribution < 1.29 is 19.1 Å². The zero-order valence-electron chi connectivity index (χ0n) is 13.6. The fourth-order valence-electron chi connectivity index (χ4n) is 2.01. The lowest BCUT2D eigenvalue weighted by Gasteiger charge is -2.11. The molecule has 0 aromatic heterocycles. The third-order valence-corrected chi connectivity index (χ3v) is 3.24. The van der Waals surface area contributed by atoms with Crippen molar-refractivity contribution in [2.24, 2.45) is 0 Å². The maximum Gasteiger partial charge on any atom is 0.342 e. The van der Waals surface area contributed by atoms with Gasteiger partial charge in [-0.05, 0) is 17.7 Å². The summed E-state index contributed by atoms with van der Waals surface area (Å²) in [6.07, 6.45) is 0.204. The van der Waals surface area contributed by atoms with Gasteiger partial charge in [-0.2, -0.15) is 5.26 Å². The van der Waals surface area contributed by atoms with Crippen molar-refractivity contribution in [2.75, 3.05) is 13.2 Å². The Kier molecular flexibility index (Phi) is 7.01. The minimum atomic E-state index is -0.640. The first-order chi connectivity index (χ1) is 12.2. The Bertz CT molecular complexity index is 754. The molecule has 0 radical (unpaired) electrons. The number of hydrogen-bond donors (Lipinski definition) is 1. The molecule has 2 aromatic carbocycles. The largest absolute Gasteiger partial charge is 0.488 e. The van der Waals surface area contributed by atoms with Crippen molar-refractivity contribution in [1.82, 2.24) is 5.32 Å². The van der Waals surface area contributed by atoms with Crippen LogP contribution in [0.2, 0.25) is 0 Å². The van der Waals surface area contributed by atoms with E-state index in [0.717, 1.165) is 5.56 Å². The molecule has 1 amide bonds. The van der Waals surface area contributed by atoms with Crippen LogP contribution in [0.1, 0.15) is 22.3 Å². The number of esters is 1. The Morgan fingerprint density at radius 1 is 1.04 bits per heavy atom. The van der Waals surface area contributed by atoms with Gasteiger partial charge in [-0.3, -0.25) is 4.79 Å². The zero-order valence-corrected chi connectivity index (χ0v) is 13.6. The first-order valence-electron chi connectivity index (χ1n) is 7.77. The lowest BCUT2D eigenvalue weighted by atomic mass is 10.2. The summed E-state index contributed by atoms with van der Waals surface area (Å²) in [5.74, 6) is -0.702. The molecule has 0 heterocycles. The van der Waals surface area contributed by atoms with Crippen LogP contribution in [0.5, 0.6) is 5.75 Å². The third kappa shape index (κ3) is 5.99. The molecule has 0 bridgehead atoms. The van der Waals surface area contributed by atoms with E-state index in [9.17, 15) is 9.59 Å². The van der Waals surface area contributed by atoms with E-state index in [2.05, 4.69) is 5.32 Å². The molecule has 0 spiro atoms. The van der Waals surface area contributed by atoms with Crippen LogP contribution in [0, 0.1) is 11.3 Å². The Morgan fingerprint density at radius 2 is 1.76 bits per heavy atom. The normalized spacial score (nSPS) is 9.72. The minimum absolute atomic E-state index is 0.204. The second-order valence-electron chi connectivity index (χ2n) is 5.10. The lowest BCUT2D eigenvalue weighted by molar-refractivity contribution is -0.124. The fourth-order valence-corrected chi connectivity index (χ4v) is 2.01. The summed E-state index contributed by atoms with van der Waals surface area (Å²) in [5.41, 5.74) is 1.23. The minimum Gasteiger partial charge on any atom is -0.488 e. The standard InChI is InChI=1S/C19H18N2O4/c20-11-6-12-21-18(22)14-25-19(23)16-9-4-5-10-17(16)24-13-15-7-2-1-3-8-15/h1-5,7-10H,6,12-14H2,(H,21,22). The van der Waals surface area contributed by atoms with Crippen molar-refractivity contribution in [3.05, 3.63) is 65.7 Å². The Labute approximate surface area is 146 Å². The van der Waals surface area contributed by atoms with Gasteiger partial charge in [0.25, 0.3) is 5.91 Å². The monoisotopic (exact) mass is 338 g/mol. The smallest absolute Gasteiger partial charge is 0.342 e. The molecule has 25 heavy (non-hydrogen) atoms. The van der Waals surface area contributed by atoms with Crippen LogP contribution >= 0.6 is 0 Å². The van der Waals surface area contributed by atoms with Crippen molar-refractivity contribution in [3.63, 3.8) is 0 Å². The quantitative estimate of drug-likeness (QED) is 0.590. The highest BCUT2D eigenvalue weighted by Crippen LogP contribution is 2.20. The Hall–Kier alpha value is -3.33. The van der Waals surface area contributed by atoms with Crippen LogP contribution in [0.4, 0.5) is 0 Å². The molecule has 2 rings (SSSR count). The Balaban J connectivity index is 1.91. The van der Waals surface area contributed by atoms with Gasteiger partial charge in [0.15, 0.2) is 6.61 Å². The van der Waals surface area contributed by atoms with E-state index >= 15 is 0 Å². The van der Waals surface area contributed by atoms with Crippen LogP contribution in [-0.4, -0.2) is 25.0 Å². The molecule has 128 valence electrons. The molecule has 0 unspecified atom stereocenters. The SMILES string of the molecule is N#CCCNC(=O)COC(=O)c1ccccc1OCc1ccccc1. The van der Waals surface area contributed by atoms with Gasteiger partial charge in [0.1, 0.15) is 17.9 Å². The third-order valence-electron chi connectivity index (χ3n) is 3.24. The molecule has 0 aliphatic rings. The number of hydrogen-bond acceptors (Lipinski definition) is 5. The predicted molar refractivity (Wildman–Crippen MR) is 90.7 cm³/mol. The first kappa shape index (κ1) is 18.0. The van der Waals surface area contributed by atoms with Gasteiger partial charge >= 0.3 is 5.97 Å². The van der Waals surface area contributed by atoms with E-state index in [1.165, 1.54) is 0 Å². The summed E-state index contributed by atoms with van der Waals surface area (Å²) >= 11 is 0. The van der Waals surface area contributed by atoms with Crippen LogP contribution in [0.25, 0.3) is 0 Å². The summed E-state index contributed by atoms with van der Waals surface area (Å²) < 4.78 is 10.7. The average Bonchev–Trinajstić information content (AvgIpc) is 2.66. The average molecular weight is 338 g/mol. The van der Waals surface area contributed by atoms with Crippen LogP contribution in [0.15, 0.2) is 54.6 Å². The van der Waals surface area contributed by atoms with Crippen molar-refractivity contribution >= 4 is 11.9 Å². The molecule has 6 heteroatoms. The number of amides is 1. The number of carbonyl (C=O) groups excluding carboxylic acids is 2. The number of nitrogens with one attached hydrogen (secondary N) is 1. The summed E-state index contributed by atoms with van der Waals surface area (Å²) in [6.45, 7) is 0.140. The highest BCUT2D eigenvalue weighted by atomic mass is 16.5. The number of rotatable bonds is 8. The molecular weight excluding hydrogens is 320 g/mol. The molecule has 0 fully saturated rings. The molecular formula is C19H18N2O4. The van der Waals surface area contributed by atoms with Crippen molar-refractivity contribution in [2.45, 2.75) is 13.0 Å². The number of para-hydroxylation sites is 1. The van der Waals surface area contributed by atoms with E-state index in [4.69, 9.17) is 14.7 Å². The Morgan fingerprint density at radius 3 is 2.52 bits per heavy atom. The fraction of sp³-hybridized carbons (Fsp3) is 0.211. The highest BCUT2D eigenvalue weighted by Gasteiger charge is 2.15. The van der Waals surface area contributed by atoms with Gasteiger partial charge in [0.2, 0.25) is 0 Å². The van der Waals surface area contributed by atoms with E-state index < -0.39 is 18.5 Å². The van der Waals surface area contributed by atoms with Crippen molar-refractivity contribution in [1.29, 1.82) is 5.26 Å². The van der Waals surface area contributed by atoms with Gasteiger partial charge < -0.3 is 14.8 Å². The summed E-state index contributed by atoms with van der Waals surface area (Å²) in [7, 11) is 0. The van der Waals surface area contributed by atoms with E-state index in [1.807, 2.05) is 36.4 Å². The topological polar surface area (TPSA) is 88.4 Å². The maximum atomic E-state index is 12.2. The predicted octanol–water partition coefficient (Wildman–Crippen LogP) is 2.45. The molecule has 0 aliphatic carbocycles. The van der Waals surface area contributed by atoms with Gasteiger partial charge in [0.05, 0.1) is 12.5 Å². The number of benzene rings is 2. The number of carbonyl (C=O) groups is 2. The second-order valence-corrected chi connectivity index (χ2v) is 5.10. The molecule has 2 aromatic rings. The first-order valence-corrected chi connectivity index (χ1v) is 7.77. The van der Waals surface area contributed by atoms with Crippen LogP contribution < -0.4 is 10.1 Å². The van der Waals surface area contributed by atoms with E-state index in [1.54, 1.807) is 24.3 Å². The van der Waals surface area contributed by atoms with E-state index in [-0.39, 0.29) is 18.5 Å². The van der Waals surface area contributed by atoms with Gasteiger partial charge in [-0.15, -0.1) is 0 Å². The molecule has 0 atom stereocenters. The summed E-state index contributed by atoms with van der Waals surface area (Å²) in [6, 6.07) is 18.2. The summed E-state index contributed by atoms with van der Waals surface area (Å²) in [5, 5.41) is 10.9. The molecule has 0 aliphatic heterocycles. The van der Waals surface area contributed by atoms with Crippen molar-refractivity contribution in [3.8, 4) is 11.8 Å². The number of ether oxygens (including phenoxy) is 2. The lowest BCUT2D eigenvalue weighted by Crippen LogP contribution is -2.29.